The first-order valence-corrected chi connectivity index (χ1v) is 6.79. The monoisotopic (exact) mass is 281 g/mol. The van der Waals surface area contributed by atoms with Crippen LogP contribution in [0.3, 0.4) is 0 Å². The van der Waals surface area contributed by atoms with Crippen molar-refractivity contribution in [3.63, 3.8) is 0 Å². The Morgan fingerprint density at radius 3 is 3.00 bits per heavy atom. The molecule has 0 saturated carbocycles. The van der Waals surface area contributed by atoms with Gasteiger partial charge in [-0.1, -0.05) is 0 Å². The summed E-state index contributed by atoms with van der Waals surface area (Å²) >= 11 is 1.56. The molecule has 2 heterocycles. The maximum absolute atomic E-state index is 11.4. The summed E-state index contributed by atoms with van der Waals surface area (Å²) in [5, 5.41) is 5.97. The van der Waals surface area contributed by atoms with Crippen molar-refractivity contribution in [1.29, 1.82) is 0 Å². The smallest absolute Gasteiger partial charge is 0.360 e. The molecule has 0 bridgehead atoms. The maximum Gasteiger partial charge on any atom is 0.360 e. The summed E-state index contributed by atoms with van der Waals surface area (Å²) in [6, 6.07) is 0.246. The quantitative estimate of drug-likeness (QED) is 0.849. The molecule has 6 nitrogen and oxygen atoms in total. The second-order valence-electron chi connectivity index (χ2n) is 3.95. The summed E-state index contributed by atoms with van der Waals surface area (Å²) in [6.07, 6.45) is 1.28. The molecule has 0 fully saturated rings. The summed E-state index contributed by atoms with van der Waals surface area (Å²) < 4.78 is 10.0. The lowest BCUT2D eigenvalue weighted by atomic mass is 10.3. The Morgan fingerprint density at radius 1 is 1.58 bits per heavy atom. The Hall–Kier alpha value is -1.89. The number of oxazole rings is 1. The molecule has 0 aromatic carbocycles. The summed E-state index contributed by atoms with van der Waals surface area (Å²) in [6.45, 7) is 5.94. The van der Waals surface area contributed by atoms with E-state index in [1.807, 2.05) is 19.2 Å². The van der Waals surface area contributed by atoms with Crippen molar-refractivity contribution in [3.8, 4) is 0 Å². The molecule has 102 valence electrons. The minimum atomic E-state index is -0.489. The summed E-state index contributed by atoms with van der Waals surface area (Å²) in [4.78, 5) is 19.8. The lowest BCUT2D eigenvalue weighted by molar-refractivity contribution is 0.0519. The molecule has 19 heavy (non-hydrogen) atoms. The van der Waals surface area contributed by atoms with Gasteiger partial charge in [-0.15, -0.1) is 11.3 Å². The minimum absolute atomic E-state index is 0.0348. The SMILES string of the molecule is CCOC(=O)c1coc(NC(C)c2nc(C)cs2)n1. The minimum Gasteiger partial charge on any atom is -0.461 e. The van der Waals surface area contributed by atoms with E-state index in [-0.39, 0.29) is 17.8 Å². The van der Waals surface area contributed by atoms with Gasteiger partial charge in [-0.25, -0.2) is 9.78 Å². The highest BCUT2D eigenvalue weighted by molar-refractivity contribution is 7.09. The number of aryl methyl sites for hydroxylation is 1. The summed E-state index contributed by atoms with van der Waals surface area (Å²) in [5.74, 6) is -0.489. The van der Waals surface area contributed by atoms with Crippen LogP contribution in [0.5, 0.6) is 0 Å². The van der Waals surface area contributed by atoms with E-state index in [1.54, 1.807) is 18.3 Å². The van der Waals surface area contributed by atoms with Gasteiger partial charge in [0, 0.05) is 11.1 Å². The van der Waals surface area contributed by atoms with Gasteiger partial charge in [0.15, 0.2) is 5.69 Å². The third kappa shape index (κ3) is 3.31. The number of hydrogen-bond acceptors (Lipinski definition) is 7. The van der Waals surface area contributed by atoms with Gasteiger partial charge < -0.3 is 14.5 Å². The molecule has 2 aromatic heterocycles. The number of carbonyl (C=O) groups is 1. The highest BCUT2D eigenvalue weighted by Gasteiger charge is 2.16. The third-order valence-corrected chi connectivity index (χ3v) is 3.48. The van der Waals surface area contributed by atoms with Gasteiger partial charge in [-0.2, -0.15) is 4.98 Å². The van der Waals surface area contributed by atoms with E-state index in [4.69, 9.17) is 9.15 Å². The van der Waals surface area contributed by atoms with Gasteiger partial charge in [0.05, 0.1) is 12.6 Å². The molecule has 0 amide bonds. The lowest BCUT2D eigenvalue weighted by Crippen LogP contribution is -2.08. The fraction of sp³-hybridized carbons (Fsp3) is 0.417. The summed E-state index contributed by atoms with van der Waals surface area (Å²) in [7, 11) is 0. The van der Waals surface area contributed by atoms with Crippen LogP contribution in [0.15, 0.2) is 16.1 Å². The Balaban J connectivity index is 2.01. The van der Waals surface area contributed by atoms with Crippen LogP contribution in [0.25, 0.3) is 0 Å². The van der Waals surface area contributed by atoms with E-state index in [9.17, 15) is 4.79 Å². The predicted octanol–water partition coefficient (Wildman–Crippen LogP) is 2.79. The zero-order valence-corrected chi connectivity index (χ0v) is 11.8. The molecule has 0 radical (unpaired) electrons. The fourth-order valence-electron chi connectivity index (χ4n) is 1.46. The first-order chi connectivity index (χ1) is 9.10. The van der Waals surface area contributed by atoms with E-state index < -0.39 is 5.97 Å². The normalized spacial score (nSPS) is 12.2. The second-order valence-corrected chi connectivity index (χ2v) is 4.84. The Morgan fingerprint density at radius 2 is 2.37 bits per heavy atom. The summed E-state index contributed by atoms with van der Waals surface area (Å²) in [5.41, 5.74) is 1.14. The van der Waals surface area contributed by atoms with Crippen LogP contribution >= 0.6 is 11.3 Å². The van der Waals surface area contributed by atoms with Crippen molar-refractivity contribution in [3.05, 3.63) is 28.0 Å². The zero-order chi connectivity index (χ0) is 13.8. The number of thiazole rings is 1. The van der Waals surface area contributed by atoms with Crippen LogP contribution in [-0.4, -0.2) is 22.5 Å². The number of carbonyl (C=O) groups excluding carboxylic acids is 1. The van der Waals surface area contributed by atoms with Crippen molar-refractivity contribution in [2.75, 3.05) is 11.9 Å². The van der Waals surface area contributed by atoms with Crippen molar-refractivity contribution in [2.45, 2.75) is 26.8 Å². The molecular formula is C12H15N3O3S. The largest absolute Gasteiger partial charge is 0.461 e. The molecule has 1 atom stereocenters. The lowest BCUT2D eigenvalue weighted by Gasteiger charge is -2.07. The molecule has 0 aliphatic rings. The van der Waals surface area contributed by atoms with Gasteiger partial charge in [0.25, 0.3) is 6.01 Å². The molecule has 1 N–H and O–H groups in total. The standard InChI is InChI=1S/C12H15N3O3S/c1-4-17-11(16)9-5-18-12(15-9)14-8(3)10-13-7(2)6-19-10/h5-6,8H,4H2,1-3H3,(H,14,15). The number of aromatic nitrogens is 2. The highest BCUT2D eigenvalue weighted by atomic mass is 32.1. The molecule has 0 saturated heterocycles. The van der Waals surface area contributed by atoms with E-state index >= 15 is 0 Å². The van der Waals surface area contributed by atoms with Gasteiger partial charge in [0.1, 0.15) is 11.3 Å². The number of ether oxygens (including phenoxy) is 1. The van der Waals surface area contributed by atoms with E-state index in [1.165, 1.54) is 6.26 Å². The van der Waals surface area contributed by atoms with Crippen molar-refractivity contribution < 1.29 is 13.9 Å². The number of nitrogens with zero attached hydrogens (tertiary/aromatic N) is 2. The van der Waals surface area contributed by atoms with Gasteiger partial charge in [-0.3, -0.25) is 0 Å². The van der Waals surface area contributed by atoms with Gasteiger partial charge in [-0.05, 0) is 20.8 Å². The van der Waals surface area contributed by atoms with Crippen LogP contribution in [0.2, 0.25) is 0 Å². The topological polar surface area (TPSA) is 77.2 Å². The molecule has 0 aliphatic heterocycles. The highest BCUT2D eigenvalue weighted by Crippen LogP contribution is 2.22. The molecule has 1 unspecified atom stereocenters. The molecule has 7 heteroatoms. The number of anilines is 1. The molecular weight excluding hydrogens is 266 g/mol. The fourth-order valence-corrected chi connectivity index (χ4v) is 2.26. The van der Waals surface area contributed by atoms with Crippen LogP contribution in [0.4, 0.5) is 6.01 Å². The first kappa shape index (κ1) is 13.5. The van der Waals surface area contributed by atoms with Crippen molar-refractivity contribution in [1.82, 2.24) is 9.97 Å². The number of nitrogens with one attached hydrogen (secondary N) is 1. The second kappa shape index (κ2) is 5.83. The molecule has 0 spiro atoms. The van der Waals surface area contributed by atoms with Crippen LogP contribution in [-0.2, 0) is 4.74 Å². The van der Waals surface area contributed by atoms with Crippen molar-refractivity contribution >= 4 is 23.3 Å². The number of esters is 1. The number of rotatable bonds is 5. The first-order valence-electron chi connectivity index (χ1n) is 5.91. The average Bonchev–Trinajstić information content (AvgIpc) is 2.98. The van der Waals surface area contributed by atoms with E-state index in [2.05, 4.69) is 15.3 Å². The Bertz CT molecular complexity index is 564. The van der Waals surface area contributed by atoms with Gasteiger partial charge in [0.2, 0.25) is 0 Å². The maximum atomic E-state index is 11.4. The van der Waals surface area contributed by atoms with Gasteiger partial charge >= 0.3 is 5.97 Å². The average molecular weight is 281 g/mol. The van der Waals surface area contributed by atoms with Crippen LogP contribution in [0, 0.1) is 6.92 Å². The van der Waals surface area contributed by atoms with Crippen LogP contribution < -0.4 is 5.32 Å². The van der Waals surface area contributed by atoms with Crippen LogP contribution in [0.1, 0.15) is 41.1 Å². The molecule has 2 rings (SSSR count). The van der Waals surface area contributed by atoms with Crippen molar-refractivity contribution in [2.24, 2.45) is 0 Å². The zero-order valence-electron chi connectivity index (χ0n) is 11.0. The number of hydrogen-bond donors (Lipinski definition) is 1. The Labute approximate surface area is 114 Å². The molecule has 2 aromatic rings. The van der Waals surface area contributed by atoms with E-state index in [0.717, 1.165) is 10.7 Å². The Kier molecular flexibility index (Phi) is 4.16. The predicted molar refractivity (Wildman–Crippen MR) is 71.3 cm³/mol. The van der Waals surface area contributed by atoms with E-state index in [0.29, 0.717) is 6.61 Å². The molecule has 0 aliphatic carbocycles. The third-order valence-electron chi connectivity index (χ3n) is 2.34.